The molecule has 0 spiro atoms. The van der Waals surface area contributed by atoms with E-state index in [0.29, 0.717) is 24.5 Å². The third kappa shape index (κ3) is 2.66. The number of carbonyl (C=O) groups is 1. The number of benzene rings is 1. The maximum absolute atomic E-state index is 12.7. The van der Waals surface area contributed by atoms with Gasteiger partial charge in [0.1, 0.15) is 11.4 Å². The van der Waals surface area contributed by atoms with E-state index in [-0.39, 0.29) is 5.91 Å². The average Bonchev–Trinajstić information content (AvgIpc) is 2.77. The van der Waals surface area contributed by atoms with E-state index in [9.17, 15) is 4.79 Å². The van der Waals surface area contributed by atoms with Crippen molar-refractivity contribution in [1.29, 1.82) is 0 Å². The molecule has 1 aliphatic rings. The Bertz CT molecular complexity index is 642. The number of amides is 1. The number of nitrogens with one attached hydrogen (secondary N) is 1. The lowest BCUT2D eigenvalue weighted by molar-refractivity contribution is 0.0982. The molecule has 1 amide bonds. The second kappa shape index (κ2) is 5.80. The van der Waals surface area contributed by atoms with E-state index in [1.165, 1.54) is 6.20 Å². The van der Waals surface area contributed by atoms with Gasteiger partial charge in [-0.3, -0.25) is 10.6 Å². The van der Waals surface area contributed by atoms with Crippen LogP contribution in [0.25, 0.3) is 0 Å². The molecule has 0 radical (unpaired) electrons. The van der Waals surface area contributed by atoms with E-state index < -0.39 is 0 Å². The normalized spacial score (nSPS) is 13.9. The Labute approximate surface area is 122 Å². The van der Waals surface area contributed by atoms with Crippen LogP contribution in [0.5, 0.6) is 5.75 Å². The minimum Gasteiger partial charge on any atom is -0.491 e. The van der Waals surface area contributed by atoms with Gasteiger partial charge in [-0.2, -0.15) is 0 Å². The number of nitrogen functional groups attached to an aromatic ring is 1. The molecular weight excluding hydrogens is 268 g/mol. The van der Waals surface area contributed by atoms with Gasteiger partial charge in [-0.15, -0.1) is 0 Å². The van der Waals surface area contributed by atoms with Gasteiger partial charge in [0.05, 0.1) is 24.2 Å². The summed E-state index contributed by atoms with van der Waals surface area (Å²) >= 11 is 0. The molecule has 0 bridgehead atoms. The summed E-state index contributed by atoms with van der Waals surface area (Å²) in [6.45, 7) is 1.21. The number of nitrogens with zero attached hydrogens (tertiary/aromatic N) is 2. The quantitative estimate of drug-likeness (QED) is 0.649. The SMILES string of the molecule is NNc1ccc(C(=O)N2CCCOc3ccccc32)nc1. The van der Waals surface area contributed by atoms with Crippen molar-refractivity contribution in [1.82, 2.24) is 4.98 Å². The number of ether oxygens (including phenoxy) is 1. The fourth-order valence-electron chi connectivity index (χ4n) is 2.28. The van der Waals surface area contributed by atoms with Crippen LogP contribution in [-0.4, -0.2) is 24.0 Å². The fourth-order valence-corrected chi connectivity index (χ4v) is 2.28. The molecule has 1 aliphatic heterocycles. The van der Waals surface area contributed by atoms with Crippen LogP contribution >= 0.6 is 0 Å². The summed E-state index contributed by atoms with van der Waals surface area (Å²) in [5, 5.41) is 0. The largest absolute Gasteiger partial charge is 0.491 e. The van der Waals surface area contributed by atoms with E-state index in [0.717, 1.165) is 17.9 Å². The highest BCUT2D eigenvalue weighted by atomic mass is 16.5. The minimum absolute atomic E-state index is 0.142. The molecule has 2 aromatic rings. The van der Waals surface area contributed by atoms with Gasteiger partial charge in [0.15, 0.2) is 0 Å². The molecule has 3 N–H and O–H groups in total. The number of carbonyl (C=O) groups excluding carboxylic acids is 1. The van der Waals surface area contributed by atoms with E-state index >= 15 is 0 Å². The molecule has 1 aromatic heterocycles. The molecule has 0 aliphatic carbocycles. The van der Waals surface area contributed by atoms with Crippen molar-refractivity contribution in [3.05, 3.63) is 48.3 Å². The Balaban J connectivity index is 1.93. The summed E-state index contributed by atoms with van der Waals surface area (Å²) in [6.07, 6.45) is 2.32. The minimum atomic E-state index is -0.142. The van der Waals surface area contributed by atoms with Crippen LogP contribution in [0, 0.1) is 0 Å². The number of para-hydroxylation sites is 2. The Morgan fingerprint density at radius 3 is 2.90 bits per heavy atom. The highest BCUT2D eigenvalue weighted by molar-refractivity contribution is 6.05. The Morgan fingerprint density at radius 1 is 1.29 bits per heavy atom. The first-order valence-corrected chi connectivity index (χ1v) is 6.76. The molecule has 108 valence electrons. The summed E-state index contributed by atoms with van der Waals surface area (Å²) in [5.41, 5.74) is 4.31. The van der Waals surface area contributed by atoms with Crippen molar-refractivity contribution in [2.45, 2.75) is 6.42 Å². The number of aromatic nitrogens is 1. The molecule has 6 heteroatoms. The van der Waals surface area contributed by atoms with Crippen molar-refractivity contribution in [2.75, 3.05) is 23.5 Å². The topological polar surface area (TPSA) is 80.5 Å². The number of fused-ring (bicyclic) bond motifs is 1. The standard InChI is InChI=1S/C15H16N4O2/c16-18-11-6-7-12(17-10-11)15(20)19-8-3-9-21-14-5-2-1-4-13(14)19/h1-2,4-7,10,18H,3,8-9,16H2. The third-order valence-corrected chi connectivity index (χ3v) is 3.33. The molecule has 6 nitrogen and oxygen atoms in total. The molecule has 3 rings (SSSR count). The molecule has 0 atom stereocenters. The van der Waals surface area contributed by atoms with Crippen LogP contribution in [0.3, 0.4) is 0 Å². The van der Waals surface area contributed by atoms with Gasteiger partial charge in [-0.25, -0.2) is 4.98 Å². The molecule has 21 heavy (non-hydrogen) atoms. The highest BCUT2D eigenvalue weighted by Crippen LogP contribution is 2.31. The Hall–Kier alpha value is -2.60. The van der Waals surface area contributed by atoms with Crippen LogP contribution < -0.4 is 20.9 Å². The summed E-state index contributed by atoms with van der Waals surface area (Å²) in [7, 11) is 0. The van der Waals surface area contributed by atoms with Gasteiger partial charge >= 0.3 is 0 Å². The zero-order valence-corrected chi connectivity index (χ0v) is 11.5. The van der Waals surface area contributed by atoms with Crippen LogP contribution in [0.4, 0.5) is 11.4 Å². The number of hydrogen-bond acceptors (Lipinski definition) is 5. The first kappa shape index (κ1) is 13.4. The smallest absolute Gasteiger partial charge is 0.276 e. The van der Waals surface area contributed by atoms with Crippen molar-refractivity contribution in [3.8, 4) is 5.75 Å². The number of pyridine rings is 1. The van der Waals surface area contributed by atoms with Crippen molar-refractivity contribution < 1.29 is 9.53 Å². The van der Waals surface area contributed by atoms with Gasteiger partial charge in [0.25, 0.3) is 5.91 Å². The molecule has 0 saturated heterocycles. The van der Waals surface area contributed by atoms with Gasteiger partial charge in [-0.05, 0) is 30.7 Å². The van der Waals surface area contributed by atoms with Gasteiger partial charge in [-0.1, -0.05) is 12.1 Å². The van der Waals surface area contributed by atoms with E-state index in [1.807, 2.05) is 24.3 Å². The number of nitrogens with two attached hydrogens (primary N) is 1. The predicted molar refractivity (Wildman–Crippen MR) is 80.3 cm³/mol. The first-order valence-electron chi connectivity index (χ1n) is 6.76. The summed E-state index contributed by atoms with van der Waals surface area (Å²) in [5.74, 6) is 5.88. The van der Waals surface area contributed by atoms with E-state index in [2.05, 4.69) is 10.4 Å². The molecule has 0 unspecified atom stereocenters. The lowest BCUT2D eigenvalue weighted by atomic mass is 10.2. The summed E-state index contributed by atoms with van der Waals surface area (Å²) in [4.78, 5) is 18.5. The monoisotopic (exact) mass is 284 g/mol. The third-order valence-electron chi connectivity index (χ3n) is 3.33. The van der Waals surface area contributed by atoms with E-state index in [1.54, 1.807) is 17.0 Å². The van der Waals surface area contributed by atoms with E-state index in [4.69, 9.17) is 10.6 Å². The molecular formula is C15H16N4O2. The molecule has 0 fully saturated rings. The van der Waals surface area contributed by atoms with Gasteiger partial charge < -0.3 is 15.1 Å². The number of hydrogen-bond donors (Lipinski definition) is 2. The summed E-state index contributed by atoms with van der Waals surface area (Å²) in [6, 6.07) is 10.9. The van der Waals surface area contributed by atoms with Crippen molar-refractivity contribution in [2.24, 2.45) is 5.84 Å². The molecule has 0 saturated carbocycles. The zero-order chi connectivity index (χ0) is 14.7. The average molecular weight is 284 g/mol. The van der Waals surface area contributed by atoms with Crippen LogP contribution in [-0.2, 0) is 0 Å². The van der Waals surface area contributed by atoms with Crippen LogP contribution in [0.15, 0.2) is 42.6 Å². The van der Waals surface area contributed by atoms with Gasteiger partial charge in [0, 0.05) is 6.54 Å². The molecule has 2 heterocycles. The van der Waals surface area contributed by atoms with Crippen LogP contribution in [0.1, 0.15) is 16.9 Å². The van der Waals surface area contributed by atoms with Crippen molar-refractivity contribution >= 4 is 17.3 Å². The second-order valence-corrected chi connectivity index (χ2v) is 4.70. The number of hydrazine groups is 1. The predicted octanol–water partition coefficient (Wildman–Crippen LogP) is 1.80. The van der Waals surface area contributed by atoms with Gasteiger partial charge in [0.2, 0.25) is 0 Å². The zero-order valence-electron chi connectivity index (χ0n) is 11.5. The summed E-state index contributed by atoms with van der Waals surface area (Å²) < 4.78 is 5.66. The maximum Gasteiger partial charge on any atom is 0.276 e. The van der Waals surface area contributed by atoms with Crippen molar-refractivity contribution in [3.63, 3.8) is 0 Å². The lowest BCUT2D eigenvalue weighted by Crippen LogP contribution is -2.32. The highest BCUT2D eigenvalue weighted by Gasteiger charge is 2.23. The van der Waals surface area contributed by atoms with Crippen LogP contribution in [0.2, 0.25) is 0 Å². The Morgan fingerprint density at radius 2 is 2.14 bits per heavy atom. The fraction of sp³-hybridized carbons (Fsp3) is 0.200. The lowest BCUT2D eigenvalue weighted by Gasteiger charge is -2.21. The number of anilines is 2. The Kier molecular flexibility index (Phi) is 3.70. The molecule has 1 aromatic carbocycles. The number of rotatable bonds is 2. The maximum atomic E-state index is 12.7. The first-order chi connectivity index (χ1) is 10.3. The second-order valence-electron chi connectivity index (χ2n) is 4.70.